The third-order valence-corrected chi connectivity index (χ3v) is 9.13. The van der Waals surface area contributed by atoms with Crippen LogP contribution in [0.4, 0.5) is 5.82 Å². The Balaban J connectivity index is 1.38. The Morgan fingerprint density at radius 2 is 1.76 bits per heavy atom. The summed E-state index contributed by atoms with van der Waals surface area (Å²) in [5.74, 6) is 0.121. The zero-order chi connectivity index (χ0) is 26.4. The van der Waals surface area contributed by atoms with Gasteiger partial charge in [-0.25, -0.2) is 13.4 Å². The number of aromatic nitrogens is 3. The number of morpholine rings is 1. The Morgan fingerprint density at radius 3 is 2.43 bits per heavy atom. The molecule has 0 spiro atoms. The molecule has 0 radical (unpaired) electrons. The van der Waals surface area contributed by atoms with E-state index >= 15 is 0 Å². The second-order valence-electron chi connectivity index (χ2n) is 10.0. The molecule has 1 amide bonds. The number of hydrogen-bond acceptors (Lipinski definition) is 7. The largest absolute Gasteiger partial charge is 0.379 e. The number of aryl methyl sites for hydroxylation is 1. The van der Waals surface area contributed by atoms with Crippen molar-refractivity contribution in [2.24, 2.45) is 0 Å². The van der Waals surface area contributed by atoms with E-state index in [-0.39, 0.29) is 16.2 Å². The van der Waals surface area contributed by atoms with Crippen molar-refractivity contribution in [2.45, 2.75) is 38.0 Å². The zero-order valence-electron chi connectivity index (χ0n) is 21.2. The summed E-state index contributed by atoms with van der Waals surface area (Å²) < 4.78 is 35.1. The molecule has 3 heterocycles. The minimum atomic E-state index is -3.63. The van der Waals surface area contributed by atoms with Crippen molar-refractivity contribution >= 4 is 43.3 Å². The van der Waals surface area contributed by atoms with E-state index in [0.29, 0.717) is 42.8 Å². The van der Waals surface area contributed by atoms with Gasteiger partial charge >= 0.3 is 0 Å². The lowest BCUT2D eigenvalue weighted by Gasteiger charge is -2.26. The Bertz CT molecular complexity index is 1560. The number of benzene rings is 2. The second kappa shape index (κ2) is 9.64. The van der Waals surface area contributed by atoms with Crippen LogP contribution in [0.15, 0.2) is 53.4 Å². The summed E-state index contributed by atoms with van der Waals surface area (Å²) in [7, 11) is -3.63. The van der Waals surface area contributed by atoms with Crippen LogP contribution < -0.4 is 5.32 Å². The van der Waals surface area contributed by atoms with E-state index in [1.54, 1.807) is 10.7 Å². The van der Waals surface area contributed by atoms with Crippen LogP contribution in [-0.4, -0.2) is 59.7 Å². The zero-order valence-corrected chi connectivity index (χ0v) is 22.8. The number of hydrogen-bond donors (Lipinski definition) is 1. The first-order chi connectivity index (χ1) is 17.5. The number of carbonyl (C=O) groups excluding carboxylic acids is 1. The average molecular weight is 540 g/mol. The first-order valence-corrected chi connectivity index (χ1v) is 14.3. The van der Waals surface area contributed by atoms with E-state index in [1.165, 1.54) is 45.5 Å². The van der Waals surface area contributed by atoms with Gasteiger partial charge in [-0.05, 0) is 54.3 Å². The van der Waals surface area contributed by atoms with Gasteiger partial charge < -0.3 is 10.1 Å². The number of fused-ring (bicyclic) bond motifs is 1. The number of anilines is 1. The number of amides is 1. The van der Waals surface area contributed by atoms with Gasteiger partial charge in [-0.3, -0.25) is 4.79 Å². The van der Waals surface area contributed by atoms with Gasteiger partial charge in [0.05, 0.1) is 34.0 Å². The van der Waals surface area contributed by atoms with Crippen LogP contribution >= 0.6 is 11.3 Å². The van der Waals surface area contributed by atoms with Crippen LogP contribution in [0.1, 0.15) is 42.4 Å². The topological polar surface area (TPSA) is 106 Å². The minimum absolute atomic E-state index is 0.0246. The lowest BCUT2D eigenvalue weighted by molar-refractivity contribution is 0.0730. The molecule has 5 rings (SSSR count). The van der Waals surface area contributed by atoms with Gasteiger partial charge in [-0.15, -0.1) is 0 Å². The molecule has 2 aromatic carbocycles. The number of sulfonamides is 1. The first kappa shape index (κ1) is 25.5. The predicted molar refractivity (Wildman–Crippen MR) is 144 cm³/mol. The Kier molecular flexibility index (Phi) is 6.65. The fraction of sp³-hybridized carbons (Fsp3) is 0.346. The second-order valence-corrected chi connectivity index (χ2v) is 13.0. The van der Waals surface area contributed by atoms with Crippen molar-refractivity contribution in [2.75, 3.05) is 31.6 Å². The van der Waals surface area contributed by atoms with Gasteiger partial charge in [-0.1, -0.05) is 38.2 Å². The highest BCUT2D eigenvalue weighted by Gasteiger charge is 2.26. The molecular formula is C26H29N5O4S2. The van der Waals surface area contributed by atoms with E-state index in [9.17, 15) is 13.2 Å². The highest BCUT2D eigenvalue weighted by molar-refractivity contribution is 7.89. The summed E-state index contributed by atoms with van der Waals surface area (Å²) in [6.07, 6.45) is 0. The van der Waals surface area contributed by atoms with Gasteiger partial charge in [-0.2, -0.15) is 14.1 Å². The monoisotopic (exact) mass is 539 g/mol. The Labute approximate surface area is 220 Å². The maximum atomic E-state index is 13.1. The molecule has 1 aliphatic heterocycles. The highest BCUT2D eigenvalue weighted by atomic mass is 32.2. The number of nitrogens with one attached hydrogen (secondary N) is 1. The minimum Gasteiger partial charge on any atom is -0.379 e. The van der Waals surface area contributed by atoms with Crippen LogP contribution in [0.3, 0.4) is 0 Å². The van der Waals surface area contributed by atoms with Gasteiger partial charge in [0.25, 0.3) is 5.91 Å². The van der Waals surface area contributed by atoms with Crippen LogP contribution in [0.2, 0.25) is 0 Å². The van der Waals surface area contributed by atoms with Crippen molar-refractivity contribution < 1.29 is 17.9 Å². The Morgan fingerprint density at radius 1 is 1.05 bits per heavy atom. The lowest BCUT2D eigenvalue weighted by atomic mass is 9.87. The quantitative estimate of drug-likeness (QED) is 0.404. The van der Waals surface area contributed by atoms with Crippen LogP contribution in [0, 0.1) is 6.92 Å². The molecule has 11 heteroatoms. The molecule has 2 aromatic heterocycles. The maximum absolute atomic E-state index is 13.1. The molecule has 1 saturated heterocycles. The van der Waals surface area contributed by atoms with Crippen molar-refractivity contribution in [1.82, 2.24) is 19.1 Å². The maximum Gasteiger partial charge on any atom is 0.256 e. The molecule has 4 aromatic rings. The van der Waals surface area contributed by atoms with Gasteiger partial charge in [0.1, 0.15) is 5.82 Å². The van der Waals surface area contributed by atoms with E-state index in [4.69, 9.17) is 9.72 Å². The molecule has 0 aliphatic carbocycles. The lowest BCUT2D eigenvalue weighted by Crippen LogP contribution is -2.40. The fourth-order valence-corrected chi connectivity index (χ4v) is 6.49. The first-order valence-electron chi connectivity index (χ1n) is 12.0. The summed E-state index contributed by atoms with van der Waals surface area (Å²) in [6.45, 7) is 9.75. The van der Waals surface area contributed by atoms with E-state index in [2.05, 4.69) is 43.3 Å². The van der Waals surface area contributed by atoms with Crippen molar-refractivity contribution in [1.29, 1.82) is 0 Å². The molecule has 0 saturated carbocycles. The summed E-state index contributed by atoms with van der Waals surface area (Å²) in [4.78, 5) is 17.9. The van der Waals surface area contributed by atoms with Crippen LogP contribution in [-0.2, 0) is 20.2 Å². The standard InChI is InChI=1S/C26H29N5O4S2/c1-17-15-23(31(29-17)25-27-21-10-7-19(26(2,3)4)16-22(21)36-25)28-24(32)18-5-8-20(9-6-18)37(33,34)30-11-13-35-14-12-30/h5-10,15-16H,11-14H2,1-4H3,(H,28,32). The van der Waals surface area contributed by atoms with E-state index in [1.807, 2.05) is 13.0 Å². The van der Waals surface area contributed by atoms with Gasteiger partial charge in [0, 0.05) is 24.7 Å². The summed E-state index contributed by atoms with van der Waals surface area (Å²) >= 11 is 1.51. The number of carbonyl (C=O) groups is 1. The van der Waals surface area contributed by atoms with E-state index < -0.39 is 10.0 Å². The third kappa shape index (κ3) is 5.17. The third-order valence-electron chi connectivity index (χ3n) is 6.22. The van der Waals surface area contributed by atoms with E-state index in [0.717, 1.165) is 15.9 Å². The Hall–Kier alpha value is -3.12. The summed E-state index contributed by atoms with van der Waals surface area (Å²) in [5, 5.41) is 8.10. The normalized spacial score (nSPS) is 15.2. The van der Waals surface area contributed by atoms with Gasteiger partial charge in [0.2, 0.25) is 15.2 Å². The smallest absolute Gasteiger partial charge is 0.256 e. The SMILES string of the molecule is Cc1cc(NC(=O)c2ccc(S(=O)(=O)N3CCOCC3)cc2)n(-c2nc3ccc(C(C)(C)C)cc3s2)n1. The van der Waals surface area contributed by atoms with Crippen molar-refractivity contribution in [3.8, 4) is 5.13 Å². The fourth-order valence-electron chi connectivity index (χ4n) is 4.11. The number of rotatable bonds is 5. The molecule has 1 N–H and O–H groups in total. The molecule has 1 fully saturated rings. The highest BCUT2D eigenvalue weighted by Crippen LogP contribution is 2.32. The molecule has 0 unspecified atom stereocenters. The van der Waals surface area contributed by atoms with Crippen LogP contribution in [0.25, 0.3) is 15.3 Å². The number of ether oxygens (including phenoxy) is 1. The molecule has 0 bridgehead atoms. The summed E-state index contributed by atoms with van der Waals surface area (Å²) in [5.41, 5.74) is 3.19. The number of nitrogens with zero attached hydrogens (tertiary/aromatic N) is 4. The number of thiazole rings is 1. The molecule has 194 valence electrons. The molecule has 1 aliphatic rings. The van der Waals surface area contributed by atoms with Crippen molar-refractivity contribution in [3.63, 3.8) is 0 Å². The average Bonchev–Trinajstić information content (AvgIpc) is 3.46. The summed E-state index contributed by atoms with van der Waals surface area (Å²) in [6, 6.07) is 14.0. The predicted octanol–water partition coefficient (Wildman–Crippen LogP) is 4.36. The van der Waals surface area contributed by atoms with Crippen molar-refractivity contribution in [3.05, 3.63) is 65.4 Å². The van der Waals surface area contributed by atoms with Crippen LogP contribution in [0.5, 0.6) is 0 Å². The molecule has 37 heavy (non-hydrogen) atoms. The molecule has 9 nitrogen and oxygen atoms in total. The molecular weight excluding hydrogens is 510 g/mol. The van der Waals surface area contributed by atoms with Gasteiger partial charge in [0.15, 0.2) is 0 Å². The molecule has 0 atom stereocenters.